The van der Waals surface area contributed by atoms with Crippen LogP contribution < -0.4 is 19.3 Å². The summed E-state index contributed by atoms with van der Waals surface area (Å²) in [6.45, 7) is 1.35. The van der Waals surface area contributed by atoms with E-state index in [1.807, 2.05) is 59.5 Å². The summed E-state index contributed by atoms with van der Waals surface area (Å²) in [5.41, 5.74) is 1.26. The lowest BCUT2D eigenvalue weighted by molar-refractivity contribution is 0.0911. The van der Waals surface area contributed by atoms with Crippen LogP contribution in [0.4, 0.5) is 0 Å². The van der Waals surface area contributed by atoms with E-state index in [0.717, 1.165) is 5.56 Å². The van der Waals surface area contributed by atoms with Crippen molar-refractivity contribution in [3.05, 3.63) is 83.9 Å². The largest absolute Gasteiger partial charge is 0.495 e. The third kappa shape index (κ3) is 6.80. The van der Waals surface area contributed by atoms with E-state index in [-0.39, 0.29) is 28.5 Å². The fourth-order valence-electron chi connectivity index (χ4n) is 3.45. The number of ether oxygens (including phenoxy) is 3. The van der Waals surface area contributed by atoms with Crippen LogP contribution in [0.25, 0.3) is 0 Å². The number of ketones is 1. The highest BCUT2D eigenvalue weighted by Gasteiger charge is 2.20. The van der Waals surface area contributed by atoms with E-state index >= 15 is 0 Å². The number of Topliss-reactive ketones (excluding diaryl/α,β-unsaturated/α-hetero) is 1. The SMILES string of the molecule is COc1ccccc1OCCN(CC(=O)c1ccc(OC)c(S(N)(=O)=O)c1)Cc1ccccc1. The molecule has 0 aliphatic carbocycles. The van der Waals surface area contributed by atoms with E-state index in [2.05, 4.69) is 0 Å². The molecule has 0 fully saturated rings. The minimum absolute atomic E-state index is 0.0561. The van der Waals surface area contributed by atoms with Crippen LogP contribution in [0.2, 0.25) is 0 Å². The molecule has 2 N–H and O–H groups in total. The summed E-state index contributed by atoms with van der Waals surface area (Å²) in [5.74, 6) is 1.08. The zero-order valence-electron chi connectivity index (χ0n) is 19.1. The molecular formula is C25H28N2O6S. The number of carbonyl (C=O) groups excluding carboxylic acids is 1. The Labute approximate surface area is 199 Å². The molecule has 180 valence electrons. The highest BCUT2D eigenvalue weighted by molar-refractivity contribution is 7.89. The Morgan fingerprint density at radius 2 is 1.53 bits per heavy atom. The van der Waals surface area contributed by atoms with Crippen molar-refractivity contribution in [3.63, 3.8) is 0 Å². The third-order valence-electron chi connectivity index (χ3n) is 5.14. The van der Waals surface area contributed by atoms with E-state index in [1.165, 1.54) is 25.3 Å². The minimum atomic E-state index is -4.05. The summed E-state index contributed by atoms with van der Waals surface area (Å²) in [5, 5.41) is 5.29. The van der Waals surface area contributed by atoms with Crippen molar-refractivity contribution in [2.75, 3.05) is 33.9 Å². The van der Waals surface area contributed by atoms with Crippen molar-refractivity contribution in [2.45, 2.75) is 11.4 Å². The minimum Gasteiger partial charge on any atom is -0.495 e. The fraction of sp³-hybridized carbons (Fsp3) is 0.240. The lowest BCUT2D eigenvalue weighted by Crippen LogP contribution is -2.33. The average Bonchev–Trinajstić information content (AvgIpc) is 2.84. The van der Waals surface area contributed by atoms with Crippen molar-refractivity contribution in [2.24, 2.45) is 5.14 Å². The van der Waals surface area contributed by atoms with Gasteiger partial charge in [-0.1, -0.05) is 42.5 Å². The summed E-state index contributed by atoms with van der Waals surface area (Å²) < 4.78 is 40.1. The fourth-order valence-corrected chi connectivity index (χ4v) is 4.17. The lowest BCUT2D eigenvalue weighted by Gasteiger charge is -2.22. The van der Waals surface area contributed by atoms with Gasteiger partial charge in [-0.15, -0.1) is 0 Å². The molecule has 0 amide bonds. The van der Waals surface area contributed by atoms with Crippen molar-refractivity contribution >= 4 is 15.8 Å². The highest BCUT2D eigenvalue weighted by Crippen LogP contribution is 2.26. The Bertz CT molecular complexity index is 1220. The molecule has 0 bridgehead atoms. The van der Waals surface area contributed by atoms with Crippen LogP contribution in [0.15, 0.2) is 77.7 Å². The number of nitrogens with zero attached hydrogens (tertiary/aromatic N) is 1. The number of sulfonamides is 1. The van der Waals surface area contributed by atoms with Crippen molar-refractivity contribution in [1.82, 2.24) is 4.90 Å². The summed E-state index contributed by atoms with van der Waals surface area (Å²) in [7, 11) is -1.13. The topological polar surface area (TPSA) is 108 Å². The molecule has 3 aromatic carbocycles. The zero-order valence-corrected chi connectivity index (χ0v) is 20.0. The van der Waals surface area contributed by atoms with Crippen LogP contribution in [0.3, 0.4) is 0 Å². The van der Waals surface area contributed by atoms with Gasteiger partial charge in [0, 0.05) is 18.7 Å². The first kappa shape index (κ1) is 25.2. The van der Waals surface area contributed by atoms with E-state index < -0.39 is 10.0 Å². The number of primary sulfonamides is 1. The number of hydrogen-bond donors (Lipinski definition) is 1. The second-order valence-electron chi connectivity index (χ2n) is 7.53. The maximum absolute atomic E-state index is 13.1. The number of hydrogen-bond acceptors (Lipinski definition) is 7. The van der Waals surface area contributed by atoms with Crippen LogP contribution in [-0.2, 0) is 16.6 Å². The molecular weight excluding hydrogens is 456 g/mol. The first-order chi connectivity index (χ1) is 16.3. The van der Waals surface area contributed by atoms with Gasteiger partial charge < -0.3 is 14.2 Å². The number of methoxy groups -OCH3 is 2. The lowest BCUT2D eigenvalue weighted by atomic mass is 10.1. The Morgan fingerprint density at radius 1 is 0.882 bits per heavy atom. The quantitative estimate of drug-likeness (QED) is 0.394. The van der Waals surface area contributed by atoms with Crippen LogP contribution in [-0.4, -0.2) is 53.0 Å². The number of benzene rings is 3. The molecule has 0 unspecified atom stereocenters. The second kappa shape index (κ2) is 11.6. The smallest absolute Gasteiger partial charge is 0.241 e. The number of carbonyl (C=O) groups is 1. The van der Waals surface area contributed by atoms with Gasteiger partial charge in [0.05, 0.1) is 20.8 Å². The Kier molecular flexibility index (Phi) is 8.64. The summed E-state index contributed by atoms with van der Waals surface area (Å²) in [4.78, 5) is 14.8. The van der Waals surface area contributed by atoms with Gasteiger partial charge >= 0.3 is 0 Å². The molecule has 0 aromatic heterocycles. The standard InChI is InChI=1S/C25H28N2O6S/c1-31-22-10-6-7-11-23(22)33-15-14-27(17-19-8-4-3-5-9-19)18-21(28)20-12-13-24(32-2)25(16-20)34(26,29)30/h3-13,16H,14-15,17-18H2,1-2H3,(H2,26,29,30). The molecule has 9 heteroatoms. The monoisotopic (exact) mass is 484 g/mol. The van der Waals surface area contributed by atoms with Gasteiger partial charge in [0.2, 0.25) is 10.0 Å². The number of para-hydroxylation sites is 2. The van der Waals surface area contributed by atoms with Crippen molar-refractivity contribution < 1.29 is 27.4 Å². The number of rotatable bonds is 12. The van der Waals surface area contributed by atoms with Crippen LogP contribution in [0, 0.1) is 0 Å². The molecule has 0 aliphatic heterocycles. The van der Waals surface area contributed by atoms with E-state index in [0.29, 0.717) is 31.2 Å². The molecule has 0 saturated carbocycles. The molecule has 0 heterocycles. The van der Waals surface area contributed by atoms with Gasteiger partial charge in [-0.3, -0.25) is 9.69 Å². The van der Waals surface area contributed by atoms with Gasteiger partial charge in [-0.25, -0.2) is 13.6 Å². The molecule has 0 aliphatic rings. The second-order valence-corrected chi connectivity index (χ2v) is 9.06. The first-order valence-corrected chi connectivity index (χ1v) is 12.1. The Morgan fingerprint density at radius 3 is 2.18 bits per heavy atom. The van der Waals surface area contributed by atoms with E-state index in [4.69, 9.17) is 19.3 Å². The predicted molar refractivity (Wildman–Crippen MR) is 129 cm³/mol. The molecule has 0 atom stereocenters. The third-order valence-corrected chi connectivity index (χ3v) is 6.07. The van der Waals surface area contributed by atoms with E-state index in [1.54, 1.807) is 7.11 Å². The summed E-state index contributed by atoms with van der Waals surface area (Å²) in [6.07, 6.45) is 0. The van der Waals surface area contributed by atoms with Gasteiger partial charge in [0.15, 0.2) is 17.3 Å². The van der Waals surface area contributed by atoms with Crippen molar-refractivity contribution in [3.8, 4) is 17.2 Å². The average molecular weight is 485 g/mol. The molecule has 34 heavy (non-hydrogen) atoms. The normalized spacial score (nSPS) is 11.3. The first-order valence-electron chi connectivity index (χ1n) is 10.6. The van der Waals surface area contributed by atoms with Crippen LogP contribution in [0.5, 0.6) is 17.2 Å². The summed E-state index contributed by atoms with van der Waals surface area (Å²) >= 11 is 0. The Hall–Kier alpha value is -3.40. The molecule has 0 saturated heterocycles. The number of nitrogens with two attached hydrogens (primary N) is 1. The summed E-state index contributed by atoms with van der Waals surface area (Å²) in [6, 6.07) is 21.3. The maximum atomic E-state index is 13.1. The molecule has 8 nitrogen and oxygen atoms in total. The maximum Gasteiger partial charge on any atom is 0.241 e. The zero-order chi connectivity index (χ0) is 24.6. The predicted octanol–water partition coefficient (Wildman–Crippen LogP) is 3.12. The molecule has 3 rings (SSSR count). The van der Waals surface area contributed by atoms with Crippen LogP contribution >= 0.6 is 0 Å². The van der Waals surface area contributed by atoms with E-state index in [9.17, 15) is 13.2 Å². The molecule has 0 spiro atoms. The Balaban J connectivity index is 1.76. The van der Waals surface area contributed by atoms with Crippen molar-refractivity contribution in [1.29, 1.82) is 0 Å². The van der Waals surface area contributed by atoms with Gasteiger partial charge in [0.1, 0.15) is 17.3 Å². The van der Waals surface area contributed by atoms with Gasteiger partial charge in [-0.2, -0.15) is 0 Å². The molecule has 0 radical (unpaired) electrons. The highest BCUT2D eigenvalue weighted by atomic mass is 32.2. The molecule has 3 aromatic rings. The van der Waals surface area contributed by atoms with Gasteiger partial charge in [-0.05, 0) is 35.9 Å². The van der Waals surface area contributed by atoms with Gasteiger partial charge in [0.25, 0.3) is 0 Å². The van der Waals surface area contributed by atoms with Crippen LogP contribution in [0.1, 0.15) is 15.9 Å².